The molecule has 0 aliphatic rings. The van der Waals surface area contributed by atoms with Crippen LogP contribution in [0, 0.1) is 12.7 Å². The van der Waals surface area contributed by atoms with Crippen LogP contribution in [0.25, 0.3) is 10.9 Å². The van der Waals surface area contributed by atoms with E-state index in [4.69, 9.17) is 0 Å². The maximum Gasteiger partial charge on any atom is 0.253 e. The summed E-state index contributed by atoms with van der Waals surface area (Å²) in [6, 6.07) is 23.8. The number of fused-ring (bicyclic) bond motifs is 1. The Bertz CT molecular complexity index is 1600. The predicted molar refractivity (Wildman–Crippen MR) is 146 cm³/mol. The minimum Gasteiger partial charge on any atom is -0.322 e. The van der Waals surface area contributed by atoms with E-state index in [-0.39, 0.29) is 11.4 Å². The van der Waals surface area contributed by atoms with Crippen LogP contribution < -0.4 is 5.56 Å². The van der Waals surface area contributed by atoms with Crippen molar-refractivity contribution in [3.8, 4) is 0 Å². The molecule has 0 spiro atoms. The molecule has 194 valence electrons. The van der Waals surface area contributed by atoms with Gasteiger partial charge in [0.05, 0.1) is 5.54 Å². The summed E-state index contributed by atoms with van der Waals surface area (Å²) < 4.78 is 15.5. The molecule has 0 bridgehead atoms. The Kier molecular flexibility index (Phi) is 6.91. The summed E-state index contributed by atoms with van der Waals surface area (Å²) in [4.78, 5) is 18.9. The van der Waals surface area contributed by atoms with Crippen molar-refractivity contribution in [2.24, 2.45) is 0 Å². The number of aromatic amines is 1. The second-order valence-electron chi connectivity index (χ2n) is 10.7. The van der Waals surface area contributed by atoms with Crippen molar-refractivity contribution >= 4 is 10.9 Å². The monoisotopic (exact) mass is 510 g/mol. The van der Waals surface area contributed by atoms with Crippen LogP contribution in [-0.2, 0) is 18.6 Å². The van der Waals surface area contributed by atoms with Crippen molar-refractivity contribution in [2.45, 2.75) is 52.4 Å². The highest BCUT2D eigenvalue weighted by atomic mass is 19.1. The third-order valence-corrected chi connectivity index (χ3v) is 6.59. The van der Waals surface area contributed by atoms with Crippen LogP contribution in [-0.4, -0.2) is 30.1 Å². The first kappa shape index (κ1) is 25.5. The van der Waals surface area contributed by atoms with Gasteiger partial charge >= 0.3 is 0 Å². The van der Waals surface area contributed by atoms with E-state index in [0.29, 0.717) is 24.5 Å². The van der Waals surface area contributed by atoms with Gasteiger partial charge in [-0.3, -0.25) is 9.69 Å². The van der Waals surface area contributed by atoms with Gasteiger partial charge in [-0.15, -0.1) is 5.10 Å². The lowest BCUT2D eigenvalue weighted by atomic mass is 9.99. The Morgan fingerprint density at radius 2 is 1.63 bits per heavy atom. The van der Waals surface area contributed by atoms with Crippen molar-refractivity contribution in [3.63, 3.8) is 0 Å². The van der Waals surface area contributed by atoms with Gasteiger partial charge in [-0.05, 0) is 85.0 Å². The SMILES string of the molecule is Cc1ccc2[nH]c(=O)c([C@H](c3nnnn3C(C)(C)C)N(Cc3ccccc3)Cc3ccc(F)cc3)cc2c1. The molecule has 1 atom stereocenters. The summed E-state index contributed by atoms with van der Waals surface area (Å²) in [6.45, 7) is 9.07. The first-order chi connectivity index (χ1) is 18.2. The molecule has 5 aromatic rings. The molecule has 0 saturated carbocycles. The summed E-state index contributed by atoms with van der Waals surface area (Å²) in [5, 5.41) is 13.7. The van der Waals surface area contributed by atoms with Crippen molar-refractivity contribution < 1.29 is 4.39 Å². The summed E-state index contributed by atoms with van der Waals surface area (Å²) in [5.74, 6) is 0.269. The highest BCUT2D eigenvalue weighted by Crippen LogP contribution is 2.32. The summed E-state index contributed by atoms with van der Waals surface area (Å²) >= 11 is 0. The zero-order chi connectivity index (χ0) is 26.9. The molecule has 5 rings (SSSR count). The molecule has 0 saturated heterocycles. The Labute approximate surface area is 220 Å². The average molecular weight is 511 g/mol. The number of nitrogens with zero attached hydrogens (tertiary/aromatic N) is 5. The number of hydrogen-bond acceptors (Lipinski definition) is 5. The molecule has 7 nitrogen and oxygen atoms in total. The molecular weight excluding hydrogens is 479 g/mol. The van der Waals surface area contributed by atoms with E-state index >= 15 is 0 Å². The van der Waals surface area contributed by atoms with Crippen molar-refractivity contribution in [1.82, 2.24) is 30.1 Å². The number of tetrazole rings is 1. The highest BCUT2D eigenvalue weighted by Gasteiger charge is 2.33. The zero-order valence-electron chi connectivity index (χ0n) is 22.0. The predicted octanol–water partition coefficient (Wildman–Crippen LogP) is 5.51. The van der Waals surface area contributed by atoms with E-state index < -0.39 is 11.6 Å². The standard InChI is InChI=1S/C30H31FN6O/c1-20-10-15-26-23(16-20)17-25(29(38)32-26)27(28-33-34-35-37(28)30(2,3)4)36(18-21-8-6-5-7-9-21)19-22-11-13-24(31)14-12-22/h5-17,27H,18-19H2,1-4H3,(H,32,38)/t27-/m1/s1. The Morgan fingerprint density at radius 3 is 2.32 bits per heavy atom. The van der Waals surface area contributed by atoms with Crippen LogP contribution in [0.3, 0.4) is 0 Å². The van der Waals surface area contributed by atoms with Crippen molar-refractivity contribution in [3.05, 3.63) is 123 Å². The van der Waals surface area contributed by atoms with E-state index in [2.05, 4.69) is 43.6 Å². The smallest absolute Gasteiger partial charge is 0.253 e. The van der Waals surface area contributed by atoms with Crippen molar-refractivity contribution in [1.29, 1.82) is 0 Å². The third-order valence-electron chi connectivity index (χ3n) is 6.59. The van der Waals surface area contributed by atoms with E-state index in [9.17, 15) is 9.18 Å². The zero-order valence-corrected chi connectivity index (χ0v) is 22.0. The molecule has 38 heavy (non-hydrogen) atoms. The van der Waals surface area contributed by atoms with Gasteiger partial charge in [-0.25, -0.2) is 9.07 Å². The van der Waals surface area contributed by atoms with E-state index in [1.165, 1.54) is 12.1 Å². The summed E-state index contributed by atoms with van der Waals surface area (Å²) in [6.07, 6.45) is 0. The van der Waals surface area contributed by atoms with Crippen LogP contribution >= 0.6 is 0 Å². The maximum atomic E-state index is 13.7. The molecule has 0 aliphatic heterocycles. The molecule has 0 unspecified atom stereocenters. The van der Waals surface area contributed by atoms with Gasteiger partial charge in [0.15, 0.2) is 5.82 Å². The van der Waals surface area contributed by atoms with Crippen LogP contribution in [0.2, 0.25) is 0 Å². The molecule has 0 fully saturated rings. The number of H-pyrrole nitrogens is 1. The highest BCUT2D eigenvalue weighted by molar-refractivity contribution is 5.79. The van der Waals surface area contributed by atoms with Gasteiger partial charge in [0.1, 0.15) is 11.9 Å². The average Bonchev–Trinajstić information content (AvgIpc) is 3.37. The van der Waals surface area contributed by atoms with Gasteiger partial charge in [-0.1, -0.05) is 54.1 Å². The molecule has 0 radical (unpaired) electrons. The maximum absolute atomic E-state index is 13.7. The lowest BCUT2D eigenvalue weighted by Gasteiger charge is -2.33. The molecule has 0 aliphatic carbocycles. The summed E-state index contributed by atoms with van der Waals surface area (Å²) in [5.41, 5.74) is 3.77. The van der Waals surface area contributed by atoms with Crippen molar-refractivity contribution in [2.75, 3.05) is 0 Å². The van der Waals surface area contributed by atoms with Crippen LogP contribution in [0.1, 0.15) is 54.9 Å². The minimum absolute atomic E-state index is 0.202. The molecule has 2 aromatic heterocycles. The van der Waals surface area contributed by atoms with Gasteiger partial charge in [-0.2, -0.15) is 0 Å². The Morgan fingerprint density at radius 1 is 0.947 bits per heavy atom. The fourth-order valence-corrected chi connectivity index (χ4v) is 4.77. The van der Waals surface area contributed by atoms with E-state index in [0.717, 1.165) is 27.6 Å². The van der Waals surface area contributed by atoms with E-state index in [1.807, 2.05) is 64.1 Å². The van der Waals surface area contributed by atoms with Gasteiger partial charge in [0.25, 0.3) is 5.56 Å². The Balaban J connectivity index is 1.73. The molecule has 8 heteroatoms. The first-order valence-corrected chi connectivity index (χ1v) is 12.6. The minimum atomic E-state index is -0.580. The number of aryl methyl sites for hydroxylation is 1. The molecule has 2 heterocycles. The Hall–Kier alpha value is -4.17. The van der Waals surface area contributed by atoms with Gasteiger partial charge < -0.3 is 4.98 Å². The largest absolute Gasteiger partial charge is 0.322 e. The quantitative estimate of drug-likeness (QED) is 0.312. The third kappa shape index (κ3) is 5.40. The molecule has 3 aromatic carbocycles. The summed E-state index contributed by atoms with van der Waals surface area (Å²) in [7, 11) is 0. The number of pyridine rings is 1. The van der Waals surface area contributed by atoms with Gasteiger partial charge in [0.2, 0.25) is 0 Å². The van der Waals surface area contributed by atoms with Crippen LogP contribution in [0.15, 0.2) is 83.7 Å². The lowest BCUT2D eigenvalue weighted by Crippen LogP contribution is -2.37. The number of nitrogens with one attached hydrogen (secondary N) is 1. The molecule has 0 amide bonds. The topological polar surface area (TPSA) is 79.7 Å². The number of rotatable bonds is 7. The number of benzene rings is 3. The number of halogens is 1. The normalized spacial score (nSPS) is 12.8. The van der Waals surface area contributed by atoms with Gasteiger partial charge in [0, 0.05) is 24.2 Å². The second-order valence-corrected chi connectivity index (χ2v) is 10.7. The molecular formula is C30H31FN6O. The fourth-order valence-electron chi connectivity index (χ4n) is 4.77. The number of aromatic nitrogens is 5. The lowest BCUT2D eigenvalue weighted by molar-refractivity contribution is 0.184. The second kappa shape index (κ2) is 10.3. The molecule has 1 N–H and O–H groups in total. The van der Waals surface area contributed by atoms with Crippen LogP contribution in [0.5, 0.6) is 0 Å². The first-order valence-electron chi connectivity index (χ1n) is 12.6. The number of hydrogen-bond donors (Lipinski definition) is 1. The van der Waals surface area contributed by atoms with E-state index in [1.54, 1.807) is 16.8 Å². The fraction of sp³-hybridized carbons (Fsp3) is 0.267. The van der Waals surface area contributed by atoms with Crippen LogP contribution in [0.4, 0.5) is 4.39 Å².